The van der Waals surface area contributed by atoms with E-state index in [1.165, 1.54) is 6.20 Å². The van der Waals surface area contributed by atoms with E-state index in [-0.39, 0.29) is 0 Å². The molecule has 0 aliphatic heterocycles. The summed E-state index contributed by atoms with van der Waals surface area (Å²) in [6, 6.07) is 9.96. The van der Waals surface area contributed by atoms with Gasteiger partial charge in [0, 0.05) is 0 Å². The fraction of sp³-hybridized carbons (Fsp3) is 0.182. The summed E-state index contributed by atoms with van der Waals surface area (Å²) < 4.78 is 5.29. The molecule has 0 aliphatic rings. The minimum absolute atomic E-state index is 0.497. The highest BCUT2D eigenvalue weighted by Crippen LogP contribution is 1.99. The second-order valence-corrected chi connectivity index (χ2v) is 2.51. The van der Waals surface area contributed by atoms with E-state index in [4.69, 9.17) is 11.3 Å². The molecule has 0 spiro atoms. The van der Waals surface area contributed by atoms with Crippen LogP contribution >= 0.6 is 0 Å². The lowest BCUT2D eigenvalue weighted by molar-refractivity contribution is 0.148. The Hall–Kier alpha value is -1.59. The number of rotatable bonds is 4. The number of hydrogen-bond donors (Lipinski definition) is 0. The third-order valence-electron chi connectivity index (χ3n) is 1.51. The van der Waals surface area contributed by atoms with Crippen molar-refractivity contribution in [1.29, 1.82) is 0 Å². The standard InChI is InChI=1S/C11H11NO/c1-12-8-5-9-13-10-11-6-3-2-4-7-11/h2-8H,9-10H2/b8-5-. The molecule has 1 aromatic rings. The lowest BCUT2D eigenvalue weighted by Gasteiger charge is -1.99. The lowest BCUT2D eigenvalue weighted by atomic mass is 10.2. The van der Waals surface area contributed by atoms with Crippen molar-refractivity contribution in [2.45, 2.75) is 6.61 Å². The maximum absolute atomic E-state index is 6.48. The maximum atomic E-state index is 6.48. The molecule has 66 valence electrons. The Morgan fingerprint density at radius 1 is 1.31 bits per heavy atom. The molecule has 2 heteroatoms. The summed E-state index contributed by atoms with van der Waals surface area (Å²) in [4.78, 5) is 3.07. The second kappa shape index (κ2) is 5.99. The van der Waals surface area contributed by atoms with Gasteiger partial charge in [0.2, 0.25) is 0 Å². The normalized spacial score (nSPS) is 10.1. The lowest BCUT2D eigenvalue weighted by Crippen LogP contribution is -1.91. The summed E-state index contributed by atoms with van der Waals surface area (Å²) in [6.07, 6.45) is 3.11. The molecule has 0 aliphatic carbocycles. The summed E-state index contributed by atoms with van der Waals surface area (Å²) in [7, 11) is 0. The van der Waals surface area contributed by atoms with Crippen LogP contribution < -0.4 is 0 Å². The van der Waals surface area contributed by atoms with Crippen LogP contribution in [0, 0.1) is 6.57 Å². The van der Waals surface area contributed by atoms with Crippen LogP contribution in [0.25, 0.3) is 4.85 Å². The van der Waals surface area contributed by atoms with Crippen LogP contribution in [-0.2, 0) is 11.3 Å². The Labute approximate surface area is 78.3 Å². The zero-order valence-electron chi connectivity index (χ0n) is 7.31. The van der Waals surface area contributed by atoms with Gasteiger partial charge in [-0.1, -0.05) is 36.4 Å². The summed E-state index contributed by atoms with van der Waals surface area (Å²) in [5.74, 6) is 0. The van der Waals surface area contributed by atoms with E-state index in [0.29, 0.717) is 13.2 Å². The molecule has 0 saturated carbocycles. The molecule has 0 bridgehead atoms. The van der Waals surface area contributed by atoms with Crippen LogP contribution in [0.4, 0.5) is 0 Å². The van der Waals surface area contributed by atoms with Crippen LogP contribution in [0.1, 0.15) is 5.56 Å². The number of hydrogen-bond acceptors (Lipinski definition) is 1. The minimum atomic E-state index is 0.497. The summed E-state index contributed by atoms with van der Waals surface area (Å²) in [6.45, 7) is 7.58. The van der Waals surface area contributed by atoms with Crippen molar-refractivity contribution in [1.82, 2.24) is 0 Å². The molecule has 1 aromatic carbocycles. The topological polar surface area (TPSA) is 13.6 Å². The Morgan fingerprint density at radius 2 is 2.08 bits per heavy atom. The van der Waals surface area contributed by atoms with E-state index in [2.05, 4.69) is 4.85 Å². The predicted molar refractivity (Wildman–Crippen MR) is 51.8 cm³/mol. The van der Waals surface area contributed by atoms with Gasteiger partial charge in [-0.2, -0.15) is 0 Å². The van der Waals surface area contributed by atoms with Gasteiger partial charge in [-0.15, -0.1) is 0 Å². The Morgan fingerprint density at radius 3 is 2.77 bits per heavy atom. The average molecular weight is 173 g/mol. The second-order valence-electron chi connectivity index (χ2n) is 2.51. The van der Waals surface area contributed by atoms with Gasteiger partial charge in [-0.05, 0) is 5.56 Å². The van der Waals surface area contributed by atoms with Gasteiger partial charge in [0.25, 0.3) is 0 Å². The molecule has 0 fully saturated rings. The smallest absolute Gasteiger partial charge is 0.152 e. The fourth-order valence-electron chi connectivity index (χ4n) is 0.915. The summed E-state index contributed by atoms with van der Waals surface area (Å²) in [5.41, 5.74) is 1.15. The first-order valence-corrected chi connectivity index (χ1v) is 4.06. The molecule has 0 aromatic heterocycles. The quantitative estimate of drug-likeness (QED) is 0.504. The predicted octanol–water partition coefficient (Wildman–Crippen LogP) is 2.64. The molecule has 0 N–H and O–H groups in total. The van der Waals surface area contributed by atoms with E-state index >= 15 is 0 Å². The number of nitrogens with zero attached hydrogens (tertiary/aromatic N) is 1. The van der Waals surface area contributed by atoms with Gasteiger partial charge in [0.1, 0.15) is 0 Å². The van der Waals surface area contributed by atoms with Crippen molar-refractivity contribution in [2.24, 2.45) is 0 Å². The summed E-state index contributed by atoms with van der Waals surface area (Å²) in [5, 5.41) is 0. The molecule has 0 amide bonds. The molecule has 0 heterocycles. The van der Waals surface area contributed by atoms with Gasteiger partial charge < -0.3 is 4.74 Å². The third-order valence-corrected chi connectivity index (χ3v) is 1.51. The van der Waals surface area contributed by atoms with Gasteiger partial charge >= 0.3 is 0 Å². The molecule has 0 saturated heterocycles. The van der Waals surface area contributed by atoms with E-state index in [0.717, 1.165) is 5.56 Å². The highest BCUT2D eigenvalue weighted by atomic mass is 16.5. The highest BCUT2D eigenvalue weighted by Gasteiger charge is 1.88. The van der Waals surface area contributed by atoms with Crippen molar-refractivity contribution in [2.75, 3.05) is 6.61 Å². The third kappa shape index (κ3) is 4.09. The molecule has 0 atom stereocenters. The van der Waals surface area contributed by atoms with Gasteiger partial charge in [0.05, 0.1) is 19.8 Å². The Balaban J connectivity index is 2.21. The van der Waals surface area contributed by atoms with Crippen molar-refractivity contribution >= 4 is 0 Å². The SMILES string of the molecule is [C-]#[N+]/C=C\COCc1ccccc1. The van der Waals surface area contributed by atoms with Crippen molar-refractivity contribution in [3.63, 3.8) is 0 Å². The van der Waals surface area contributed by atoms with Crippen LogP contribution in [-0.4, -0.2) is 6.61 Å². The monoisotopic (exact) mass is 173 g/mol. The summed E-state index contributed by atoms with van der Waals surface area (Å²) >= 11 is 0. The number of ether oxygens (including phenoxy) is 1. The van der Waals surface area contributed by atoms with Gasteiger partial charge in [-0.3, -0.25) is 0 Å². The van der Waals surface area contributed by atoms with Crippen molar-refractivity contribution < 1.29 is 4.74 Å². The van der Waals surface area contributed by atoms with Crippen molar-refractivity contribution in [3.8, 4) is 0 Å². The minimum Gasteiger partial charge on any atom is -0.374 e. The maximum Gasteiger partial charge on any atom is 0.152 e. The molecule has 0 unspecified atom stereocenters. The Kier molecular flexibility index (Phi) is 4.37. The van der Waals surface area contributed by atoms with E-state index < -0.39 is 0 Å². The zero-order chi connectivity index (χ0) is 9.36. The highest BCUT2D eigenvalue weighted by molar-refractivity contribution is 5.13. The van der Waals surface area contributed by atoms with Crippen LogP contribution in [0.5, 0.6) is 0 Å². The van der Waals surface area contributed by atoms with Crippen LogP contribution in [0.15, 0.2) is 42.6 Å². The molecule has 1 rings (SSSR count). The van der Waals surface area contributed by atoms with E-state index in [1.807, 2.05) is 30.3 Å². The fourth-order valence-corrected chi connectivity index (χ4v) is 0.915. The van der Waals surface area contributed by atoms with Crippen LogP contribution in [0.3, 0.4) is 0 Å². The largest absolute Gasteiger partial charge is 0.374 e. The molecular weight excluding hydrogens is 162 g/mol. The van der Waals surface area contributed by atoms with Gasteiger partial charge in [-0.25, -0.2) is 4.85 Å². The number of benzene rings is 1. The average Bonchev–Trinajstić information content (AvgIpc) is 2.19. The molecule has 13 heavy (non-hydrogen) atoms. The van der Waals surface area contributed by atoms with E-state index in [1.54, 1.807) is 6.08 Å². The molecule has 2 nitrogen and oxygen atoms in total. The van der Waals surface area contributed by atoms with Gasteiger partial charge in [0.15, 0.2) is 6.20 Å². The van der Waals surface area contributed by atoms with E-state index in [9.17, 15) is 0 Å². The first-order chi connectivity index (χ1) is 6.43. The Bertz CT molecular complexity index is 298. The van der Waals surface area contributed by atoms with Crippen LogP contribution in [0.2, 0.25) is 0 Å². The first kappa shape index (κ1) is 9.50. The first-order valence-electron chi connectivity index (χ1n) is 4.06. The molecule has 0 radical (unpaired) electrons. The molecular formula is C11H11NO. The zero-order valence-corrected chi connectivity index (χ0v) is 7.31. The van der Waals surface area contributed by atoms with Crippen molar-refractivity contribution in [3.05, 3.63) is 59.6 Å².